The lowest BCUT2D eigenvalue weighted by molar-refractivity contribution is 0.287. The van der Waals surface area contributed by atoms with Crippen LogP contribution in [-0.4, -0.2) is 19.8 Å². The highest BCUT2D eigenvalue weighted by Crippen LogP contribution is 2.36. The number of ether oxygens (including phenoxy) is 2. The SMILES string of the molecule is CCOc1cc(CNCCc2ccc(Cl)cc2Cl)cc(Cl)c1OCC. The van der Waals surface area contributed by atoms with Crippen molar-refractivity contribution in [2.24, 2.45) is 0 Å². The van der Waals surface area contributed by atoms with E-state index in [0.717, 1.165) is 24.1 Å². The largest absolute Gasteiger partial charge is 0.490 e. The summed E-state index contributed by atoms with van der Waals surface area (Å²) >= 11 is 18.4. The van der Waals surface area contributed by atoms with E-state index >= 15 is 0 Å². The third-order valence-corrected chi connectivity index (χ3v) is 4.44. The van der Waals surface area contributed by atoms with Crippen LogP contribution in [0.4, 0.5) is 0 Å². The molecule has 3 nitrogen and oxygen atoms in total. The molecule has 0 atom stereocenters. The van der Waals surface area contributed by atoms with Crippen LogP contribution in [0.5, 0.6) is 11.5 Å². The quantitative estimate of drug-likeness (QED) is 0.540. The van der Waals surface area contributed by atoms with Gasteiger partial charge in [0.1, 0.15) is 0 Å². The Bertz CT molecular complexity index is 707. The minimum absolute atomic E-state index is 0.541. The average Bonchev–Trinajstić information content (AvgIpc) is 2.56. The van der Waals surface area contributed by atoms with E-state index in [1.807, 2.05) is 38.1 Å². The molecule has 0 saturated carbocycles. The van der Waals surface area contributed by atoms with Crippen LogP contribution >= 0.6 is 34.8 Å². The molecule has 2 rings (SSSR count). The molecule has 0 saturated heterocycles. The van der Waals surface area contributed by atoms with Crippen molar-refractivity contribution in [2.75, 3.05) is 19.8 Å². The molecule has 0 radical (unpaired) electrons. The van der Waals surface area contributed by atoms with Crippen molar-refractivity contribution in [3.8, 4) is 11.5 Å². The van der Waals surface area contributed by atoms with Gasteiger partial charge in [0.2, 0.25) is 0 Å². The lowest BCUT2D eigenvalue weighted by Crippen LogP contribution is -2.17. The van der Waals surface area contributed by atoms with Gasteiger partial charge < -0.3 is 14.8 Å². The molecular formula is C19H22Cl3NO2. The molecule has 6 heteroatoms. The summed E-state index contributed by atoms with van der Waals surface area (Å²) in [6.07, 6.45) is 0.819. The van der Waals surface area contributed by atoms with Crippen molar-refractivity contribution in [3.05, 3.63) is 56.5 Å². The number of hydrogen-bond donors (Lipinski definition) is 1. The molecular weight excluding hydrogens is 381 g/mol. The Kier molecular flexibility index (Phi) is 8.17. The monoisotopic (exact) mass is 401 g/mol. The summed E-state index contributed by atoms with van der Waals surface area (Å²) in [7, 11) is 0. The van der Waals surface area contributed by atoms with Gasteiger partial charge >= 0.3 is 0 Å². The zero-order chi connectivity index (χ0) is 18.2. The minimum atomic E-state index is 0.541. The van der Waals surface area contributed by atoms with Crippen LogP contribution in [0.3, 0.4) is 0 Å². The van der Waals surface area contributed by atoms with Gasteiger partial charge in [-0.1, -0.05) is 40.9 Å². The third kappa shape index (κ3) is 5.96. The van der Waals surface area contributed by atoms with Gasteiger partial charge in [-0.15, -0.1) is 0 Å². The van der Waals surface area contributed by atoms with Crippen LogP contribution in [-0.2, 0) is 13.0 Å². The molecule has 0 aliphatic rings. The topological polar surface area (TPSA) is 30.5 Å². The molecule has 0 unspecified atom stereocenters. The second-order valence-corrected chi connectivity index (χ2v) is 6.68. The summed E-state index contributed by atoms with van der Waals surface area (Å²) in [6.45, 7) is 6.42. The Morgan fingerprint density at radius 1 is 0.920 bits per heavy atom. The van der Waals surface area contributed by atoms with Gasteiger partial charge in [0.25, 0.3) is 0 Å². The third-order valence-electron chi connectivity index (χ3n) is 3.57. The Hall–Kier alpha value is -1.13. The fourth-order valence-corrected chi connectivity index (χ4v) is 3.24. The molecule has 2 aromatic carbocycles. The Labute approximate surface area is 164 Å². The van der Waals surface area contributed by atoms with Crippen molar-refractivity contribution in [1.82, 2.24) is 5.32 Å². The highest BCUT2D eigenvalue weighted by atomic mass is 35.5. The molecule has 0 amide bonds. The molecule has 2 aromatic rings. The van der Waals surface area contributed by atoms with Crippen LogP contribution in [0.1, 0.15) is 25.0 Å². The number of rotatable bonds is 9. The number of nitrogens with one attached hydrogen (secondary N) is 1. The fourth-order valence-electron chi connectivity index (χ4n) is 2.45. The molecule has 1 N–H and O–H groups in total. The smallest absolute Gasteiger partial charge is 0.179 e. The summed E-state index contributed by atoms with van der Waals surface area (Å²) in [4.78, 5) is 0. The van der Waals surface area contributed by atoms with Crippen LogP contribution in [0, 0.1) is 0 Å². The first-order valence-corrected chi connectivity index (χ1v) is 9.41. The summed E-state index contributed by atoms with van der Waals surface area (Å²) in [5.41, 5.74) is 2.11. The van der Waals surface area contributed by atoms with Crippen LogP contribution in [0.15, 0.2) is 30.3 Å². The second kappa shape index (κ2) is 10.1. The molecule has 0 aromatic heterocycles. The van der Waals surface area contributed by atoms with E-state index in [0.29, 0.717) is 46.3 Å². The van der Waals surface area contributed by atoms with Crippen molar-refractivity contribution >= 4 is 34.8 Å². The molecule has 0 fully saturated rings. The van der Waals surface area contributed by atoms with Gasteiger partial charge in [-0.25, -0.2) is 0 Å². The lowest BCUT2D eigenvalue weighted by Gasteiger charge is -2.15. The Morgan fingerprint density at radius 2 is 1.68 bits per heavy atom. The van der Waals surface area contributed by atoms with Gasteiger partial charge in [-0.05, 0) is 62.2 Å². The molecule has 0 bridgehead atoms. The second-order valence-electron chi connectivity index (χ2n) is 5.43. The number of halogens is 3. The van der Waals surface area contributed by atoms with E-state index in [2.05, 4.69) is 5.32 Å². The zero-order valence-electron chi connectivity index (χ0n) is 14.4. The molecule has 136 valence electrons. The van der Waals surface area contributed by atoms with E-state index < -0.39 is 0 Å². The first kappa shape index (κ1) is 20.2. The Balaban J connectivity index is 1.96. The molecule has 25 heavy (non-hydrogen) atoms. The van der Waals surface area contributed by atoms with Gasteiger partial charge in [0.05, 0.1) is 18.2 Å². The number of benzene rings is 2. The predicted molar refractivity (Wildman–Crippen MR) is 106 cm³/mol. The lowest BCUT2D eigenvalue weighted by atomic mass is 10.1. The first-order chi connectivity index (χ1) is 12.0. The average molecular weight is 403 g/mol. The van der Waals surface area contributed by atoms with Crippen molar-refractivity contribution in [2.45, 2.75) is 26.8 Å². The van der Waals surface area contributed by atoms with E-state index in [-0.39, 0.29) is 0 Å². The summed E-state index contributed by atoms with van der Waals surface area (Å²) in [5.74, 6) is 1.28. The van der Waals surface area contributed by atoms with Gasteiger partial charge in [-0.3, -0.25) is 0 Å². The van der Waals surface area contributed by atoms with Crippen molar-refractivity contribution < 1.29 is 9.47 Å². The normalized spacial score (nSPS) is 10.8. The van der Waals surface area contributed by atoms with E-state index in [9.17, 15) is 0 Å². The van der Waals surface area contributed by atoms with Crippen LogP contribution in [0.25, 0.3) is 0 Å². The highest BCUT2D eigenvalue weighted by Gasteiger charge is 2.12. The minimum Gasteiger partial charge on any atom is -0.490 e. The molecule has 0 heterocycles. The predicted octanol–water partition coefficient (Wildman–Crippen LogP) is 5.78. The highest BCUT2D eigenvalue weighted by molar-refractivity contribution is 6.35. The molecule has 0 aliphatic carbocycles. The maximum Gasteiger partial charge on any atom is 0.179 e. The summed E-state index contributed by atoms with van der Waals surface area (Å²) in [5, 5.41) is 5.29. The zero-order valence-corrected chi connectivity index (χ0v) is 16.6. The number of hydrogen-bond acceptors (Lipinski definition) is 3. The standard InChI is InChI=1S/C19H22Cl3NO2/c1-3-24-18-10-13(9-17(22)19(18)25-4-2)12-23-8-7-14-5-6-15(20)11-16(14)21/h5-6,9-11,23H,3-4,7-8,12H2,1-2H3. The van der Waals surface area contributed by atoms with Crippen molar-refractivity contribution in [3.63, 3.8) is 0 Å². The van der Waals surface area contributed by atoms with E-state index in [1.165, 1.54) is 0 Å². The van der Waals surface area contributed by atoms with E-state index in [1.54, 1.807) is 6.07 Å². The summed E-state index contributed by atoms with van der Waals surface area (Å²) in [6, 6.07) is 9.43. The van der Waals surface area contributed by atoms with Crippen LogP contribution < -0.4 is 14.8 Å². The van der Waals surface area contributed by atoms with E-state index in [4.69, 9.17) is 44.3 Å². The van der Waals surface area contributed by atoms with Gasteiger partial charge in [-0.2, -0.15) is 0 Å². The maximum absolute atomic E-state index is 6.33. The maximum atomic E-state index is 6.33. The first-order valence-electron chi connectivity index (χ1n) is 8.27. The van der Waals surface area contributed by atoms with Crippen LogP contribution in [0.2, 0.25) is 15.1 Å². The van der Waals surface area contributed by atoms with Gasteiger partial charge in [0, 0.05) is 16.6 Å². The van der Waals surface area contributed by atoms with Gasteiger partial charge in [0.15, 0.2) is 11.5 Å². The summed E-state index contributed by atoms with van der Waals surface area (Å²) < 4.78 is 11.2. The molecule has 0 aliphatic heterocycles. The van der Waals surface area contributed by atoms with Crippen molar-refractivity contribution in [1.29, 1.82) is 0 Å². The Morgan fingerprint density at radius 3 is 2.36 bits per heavy atom. The molecule has 0 spiro atoms. The fraction of sp³-hybridized carbons (Fsp3) is 0.368.